The summed E-state index contributed by atoms with van der Waals surface area (Å²) in [5.41, 5.74) is 0.759. The molecule has 1 fully saturated rings. The highest BCUT2D eigenvalue weighted by molar-refractivity contribution is 7.89. The van der Waals surface area contributed by atoms with Crippen LogP contribution in [0.25, 0.3) is 6.08 Å². The summed E-state index contributed by atoms with van der Waals surface area (Å²) in [5.74, 6) is 0.676. The van der Waals surface area contributed by atoms with Crippen molar-refractivity contribution in [2.24, 2.45) is 0 Å². The number of nitrogens with zero attached hydrogens (tertiary/aromatic N) is 2. The topological polar surface area (TPSA) is 82.9 Å². The van der Waals surface area contributed by atoms with Gasteiger partial charge >= 0.3 is 0 Å². The van der Waals surface area contributed by atoms with Crippen molar-refractivity contribution in [3.05, 3.63) is 60.1 Å². The van der Waals surface area contributed by atoms with Crippen molar-refractivity contribution in [2.75, 3.05) is 27.2 Å². The van der Waals surface area contributed by atoms with E-state index in [0.29, 0.717) is 6.54 Å². The van der Waals surface area contributed by atoms with E-state index in [9.17, 15) is 13.2 Å². The molecule has 0 saturated carbocycles. The number of rotatable bonds is 7. The Labute approximate surface area is 172 Å². The molecule has 1 aromatic heterocycles. The Morgan fingerprint density at radius 1 is 1.24 bits per heavy atom. The molecule has 0 bridgehead atoms. The van der Waals surface area contributed by atoms with E-state index in [1.807, 2.05) is 17.0 Å². The third-order valence-electron chi connectivity index (χ3n) is 5.20. The normalized spacial score (nSPS) is 16.3. The van der Waals surface area contributed by atoms with Gasteiger partial charge in [0.05, 0.1) is 17.7 Å². The van der Waals surface area contributed by atoms with Crippen LogP contribution in [0, 0.1) is 0 Å². The molecule has 0 unspecified atom stereocenters. The molecule has 1 aliphatic heterocycles. The Balaban J connectivity index is 1.73. The van der Waals surface area contributed by atoms with Gasteiger partial charge < -0.3 is 14.2 Å². The maximum Gasteiger partial charge on any atom is 0.247 e. The molecule has 2 aromatic rings. The van der Waals surface area contributed by atoms with Gasteiger partial charge in [0.2, 0.25) is 15.9 Å². The van der Waals surface area contributed by atoms with Crippen molar-refractivity contribution in [1.82, 2.24) is 14.5 Å². The van der Waals surface area contributed by atoms with Crippen LogP contribution in [-0.4, -0.2) is 57.4 Å². The third kappa shape index (κ3) is 5.56. The number of carbonyl (C=O) groups excluding carboxylic acids is 1. The zero-order chi connectivity index (χ0) is 20.9. The number of piperidine rings is 1. The Hall–Kier alpha value is -2.42. The van der Waals surface area contributed by atoms with Crippen molar-refractivity contribution in [3.63, 3.8) is 0 Å². The van der Waals surface area contributed by atoms with E-state index in [1.165, 1.54) is 19.2 Å². The molecule has 1 amide bonds. The van der Waals surface area contributed by atoms with E-state index in [0.717, 1.165) is 37.3 Å². The van der Waals surface area contributed by atoms with Gasteiger partial charge in [-0.1, -0.05) is 12.1 Å². The average Bonchev–Trinajstić information content (AvgIpc) is 3.25. The van der Waals surface area contributed by atoms with Gasteiger partial charge in [0, 0.05) is 12.1 Å². The Morgan fingerprint density at radius 3 is 2.52 bits per heavy atom. The molecular formula is C21H27N3O4S. The highest BCUT2D eigenvalue weighted by Gasteiger charge is 2.26. The monoisotopic (exact) mass is 417 g/mol. The minimum Gasteiger partial charge on any atom is -0.467 e. The second-order valence-corrected chi connectivity index (χ2v) is 9.08. The minimum atomic E-state index is -3.47. The largest absolute Gasteiger partial charge is 0.467 e. The molecule has 1 aliphatic rings. The first-order chi connectivity index (χ1) is 13.9. The van der Waals surface area contributed by atoms with E-state index < -0.39 is 10.0 Å². The first-order valence-corrected chi connectivity index (χ1v) is 11.1. The second-order valence-electron chi connectivity index (χ2n) is 7.19. The zero-order valence-electron chi connectivity index (χ0n) is 16.7. The molecule has 8 heteroatoms. The van der Waals surface area contributed by atoms with Crippen LogP contribution in [-0.2, 0) is 21.4 Å². The van der Waals surface area contributed by atoms with E-state index >= 15 is 0 Å². The number of nitrogens with one attached hydrogen (secondary N) is 1. The molecule has 1 saturated heterocycles. The summed E-state index contributed by atoms with van der Waals surface area (Å²) < 4.78 is 31.4. The lowest BCUT2D eigenvalue weighted by Crippen LogP contribution is -2.45. The van der Waals surface area contributed by atoms with Crippen LogP contribution >= 0.6 is 0 Å². The number of benzene rings is 1. The minimum absolute atomic E-state index is 0.0807. The first-order valence-electron chi connectivity index (χ1n) is 9.62. The van der Waals surface area contributed by atoms with Crippen molar-refractivity contribution in [1.29, 1.82) is 0 Å². The fraction of sp³-hybridized carbons (Fsp3) is 0.381. The van der Waals surface area contributed by atoms with Crippen molar-refractivity contribution < 1.29 is 17.6 Å². The molecule has 7 nitrogen and oxygen atoms in total. The molecule has 1 aromatic carbocycles. The van der Waals surface area contributed by atoms with E-state index in [1.54, 1.807) is 30.5 Å². The molecule has 2 heterocycles. The predicted molar refractivity (Wildman–Crippen MR) is 111 cm³/mol. The van der Waals surface area contributed by atoms with Crippen molar-refractivity contribution >= 4 is 22.0 Å². The van der Waals surface area contributed by atoms with Gasteiger partial charge in [-0.2, -0.15) is 0 Å². The number of carbonyl (C=O) groups is 1. The molecular weight excluding hydrogens is 390 g/mol. The third-order valence-corrected chi connectivity index (χ3v) is 6.63. The molecule has 156 valence electrons. The quantitative estimate of drug-likeness (QED) is 0.699. The zero-order valence-corrected chi connectivity index (χ0v) is 17.6. The Morgan fingerprint density at radius 2 is 1.93 bits per heavy atom. The number of sulfonamides is 1. The van der Waals surface area contributed by atoms with Gasteiger partial charge in [-0.05, 0) is 75.9 Å². The van der Waals surface area contributed by atoms with Crippen molar-refractivity contribution in [2.45, 2.75) is 30.3 Å². The van der Waals surface area contributed by atoms with E-state index in [2.05, 4.69) is 16.7 Å². The lowest BCUT2D eigenvalue weighted by molar-refractivity contribution is -0.130. The summed E-state index contributed by atoms with van der Waals surface area (Å²) in [7, 11) is -0.00795. The summed E-state index contributed by atoms with van der Waals surface area (Å²) in [6.45, 7) is 2.35. The Bertz CT molecular complexity index is 929. The molecule has 1 N–H and O–H groups in total. The van der Waals surface area contributed by atoms with Gasteiger partial charge in [0.1, 0.15) is 5.76 Å². The summed E-state index contributed by atoms with van der Waals surface area (Å²) in [6.07, 6.45) is 6.72. The highest BCUT2D eigenvalue weighted by Crippen LogP contribution is 2.20. The van der Waals surface area contributed by atoms with Crippen LogP contribution in [0.4, 0.5) is 0 Å². The average molecular weight is 418 g/mol. The van der Waals surface area contributed by atoms with Crippen LogP contribution in [0.1, 0.15) is 24.2 Å². The van der Waals surface area contributed by atoms with E-state index in [4.69, 9.17) is 4.42 Å². The fourth-order valence-electron chi connectivity index (χ4n) is 3.40. The van der Waals surface area contributed by atoms with Crippen LogP contribution < -0.4 is 4.72 Å². The molecule has 0 aliphatic carbocycles. The van der Waals surface area contributed by atoms with Crippen LogP contribution in [0.2, 0.25) is 0 Å². The van der Waals surface area contributed by atoms with Gasteiger partial charge in [-0.3, -0.25) is 4.79 Å². The fourth-order valence-corrected chi connectivity index (χ4v) is 4.13. The molecule has 0 atom stereocenters. The SMILES string of the molecule is CNS(=O)(=O)c1ccc(C=CC(=O)N(Cc2ccco2)C2CCN(C)CC2)cc1. The number of hydrogen-bond acceptors (Lipinski definition) is 5. The summed E-state index contributed by atoms with van der Waals surface area (Å²) in [5, 5.41) is 0. The van der Waals surface area contributed by atoms with Crippen LogP contribution in [0.3, 0.4) is 0 Å². The van der Waals surface area contributed by atoms with Crippen molar-refractivity contribution in [3.8, 4) is 0 Å². The second kappa shape index (κ2) is 9.39. The summed E-state index contributed by atoms with van der Waals surface area (Å²) in [6, 6.07) is 10.3. The molecule has 3 rings (SSSR count). The lowest BCUT2D eigenvalue weighted by Gasteiger charge is -2.36. The van der Waals surface area contributed by atoms with Crippen LogP contribution in [0.15, 0.2) is 58.1 Å². The highest BCUT2D eigenvalue weighted by atomic mass is 32.2. The van der Waals surface area contributed by atoms with Gasteiger partial charge in [0.15, 0.2) is 0 Å². The smallest absolute Gasteiger partial charge is 0.247 e. The number of amides is 1. The van der Waals surface area contributed by atoms with Gasteiger partial charge in [0.25, 0.3) is 0 Å². The molecule has 0 radical (unpaired) electrons. The lowest BCUT2D eigenvalue weighted by atomic mass is 10.0. The van der Waals surface area contributed by atoms with Gasteiger partial charge in [-0.25, -0.2) is 13.1 Å². The molecule has 0 spiro atoms. The molecule has 29 heavy (non-hydrogen) atoms. The number of furan rings is 1. The first kappa shape index (κ1) is 21.3. The summed E-state index contributed by atoms with van der Waals surface area (Å²) in [4.78, 5) is 17.3. The van der Waals surface area contributed by atoms with Gasteiger partial charge in [-0.15, -0.1) is 0 Å². The maximum absolute atomic E-state index is 13.0. The number of likely N-dealkylation sites (tertiary alicyclic amines) is 1. The maximum atomic E-state index is 13.0. The predicted octanol–water partition coefficient (Wildman–Crippen LogP) is 2.32. The standard InChI is InChI=1S/C21H27N3O4S/c1-22-29(26,27)20-8-5-17(6-9-20)7-10-21(25)24(16-19-4-3-15-28-19)18-11-13-23(2)14-12-18/h3-10,15,18,22H,11-14,16H2,1-2H3. The van der Waals surface area contributed by atoms with Crippen LogP contribution in [0.5, 0.6) is 0 Å². The Kier molecular flexibility index (Phi) is 6.89. The summed E-state index contributed by atoms with van der Waals surface area (Å²) >= 11 is 0. The van der Waals surface area contributed by atoms with E-state index in [-0.39, 0.29) is 16.8 Å². The number of hydrogen-bond donors (Lipinski definition) is 1.